The summed E-state index contributed by atoms with van der Waals surface area (Å²) in [5.41, 5.74) is -0.396. The van der Waals surface area contributed by atoms with Gasteiger partial charge in [0.15, 0.2) is 11.0 Å². The van der Waals surface area contributed by atoms with Gasteiger partial charge in [0.1, 0.15) is 5.25 Å². The van der Waals surface area contributed by atoms with E-state index in [-0.39, 0.29) is 11.6 Å². The van der Waals surface area contributed by atoms with E-state index in [1.807, 2.05) is 20.8 Å². The molecular weight excluding hydrogens is 350 g/mol. The van der Waals surface area contributed by atoms with Crippen molar-refractivity contribution in [2.45, 2.75) is 49.4 Å². The maximum Gasteiger partial charge on any atom is 0.346 e. The molecule has 0 fully saturated rings. The SMILES string of the molecule is CCC(C)(C)c1nc(SC(CC[N+](=O)[O-])C(=O)O)n(C(=O)N(C)C)n1. The highest BCUT2D eigenvalue weighted by molar-refractivity contribution is 8.00. The summed E-state index contributed by atoms with van der Waals surface area (Å²) in [5, 5.41) is 23.1. The number of carbonyl (C=O) groups is 2. The molecule has 0 aliphatic carbocycles. The number of thioether (sulfide) groups is 1. The van der Waals surface area contributed by atoms with Gasteiger partial charge in [-0.15, -0.1) is 5.10 Å². The van der Waals surface area contributed by atoms with Gasteiger partial charge in [-0.2, -0.15) is 4.68 Å². The number of rotatable bonds is 8. The average molecular weight is 373 g/mol. The fourth-order valence-corrected chi connectivity index (χ4v) is 2.65. The van der Waals surface area contributed by atoms with E-state index in [1.165, 1.54) is 4.90 Å². The van der Waals surface area contributed by atoms with Crippen molar-refractivity contribution in [2.75, 3.05) is 20.6 Å². The zero-order valence-corrected chi connectivity index (χ0v) is 15.7. The summed E-state index contributed by atoms with van der Waals surface area (Å²) in [6.45, 7) is 5.32. The molecule has 0 radical (unpaired) electrons. The quantitative estimate of drug-likeness (QED) is 0.414. The van der Waals surface area contributed by atoms with Crippen molar-refractivity contribution < 1.29 is 19.6 Å². The maximum atomic E-state index is 12.3. The van der Waals surface area contributed by atoms with Gasteiger partial charge in [-0.1, -0.05) is 32.5 Å². The van der Waals surface area contributed by atoms with Crippen molar-refractivity contribution in [2.24, 2.45) is 0 Å². The van der Waals surface area contributed by atoms with Crippen LogP contribution < -0.4 is 0 Å². The molecule has 0 saturated heterocycles. The van der Waals surface area contributed by atoms with Gasteiger partial charge in [0.05, 0.1) is 0 Å². The molecule has 1 N–H and O–H groups in total. The Morgan fingerprint density at radius 2 is 2.04 bits per heavy atom. The van der Waals surface area contributed by atoms with E-state index in [2.05, 4.69) is 10.1 Å². The van der Waals surface area contributed by atoms with Crippen molar-refractivity contribution in [3.05, 3.63) is 15.9 Å². The Morgan fingerprint density at radius 1 is 1.44 bits per heavy atom. The van der Waals surface area contributed by atoms with E-state index in [1.54, 1.807) is 14.1 Å². The lowest BCUT2D eigenvalue weighted by Gasteiger charge is -2.17. The maximum absolute atomic E-state index is 12.3. The lowest BCUT2D eigenvalue weighted by Crippen LogP contribution is -2.30. The molecule has 1 unspecified atom stereocenters. The van der Waals surface area contributed by atoms with Crippen molar-refractivity contribution in [3.8, 4) is 0 Å². The lowest BCUT2D eigenvalue weighted by atomic mass is 9.90. The van der Waals surface area contributed by atoms with Crippen LogP contribution in [0.15, 0.2) is 5.16 Å². The molecule has 0 saturated carbocycles. The summed E-state index contributed by atoms with van der Waals surface area (Å²) < 4.78 is 1.06. The van der Waals surface area contributed by atoms with Crippen LogP contribution in [0.4, 0.5) is 4.79 Å². The van der Waals surface area contributed by atoms with Gasteiger partial charge in [-0.3, -0.25) is 14.9 Å². The molecule has 1 rings (SSSR count). The van der Waals surface area contributed by atoms with Crippen molar-refractivity contribution in [1.82, 2.24) is 19.7 Å². The predicted molar refractivity (Wildman–Crippen MR) is 91.6 cm³/mol. The molecule has 1 atom stereocenters. The van der Waals surface area contributed by atoms with Crippen molar-refractivity contribution in [3.63, 3.8) is 0 Å². The summed E-state index contributed by atoms with van der Waals surface area (Å²) in [4.78, 5) is 39.3. The van der Waals surface area contributed by atoms with E-state index < -0.39 is 34.1 Å². The van der Waals surface area contributed by atoms with Crippen LogP contribution in [0.2, 0.25) is 0 Å². The van der Waals surface area contributed by atoms with Gasteiger partial charge in [0.25, 0.3) is 0 Å². The predicted octanol–water partition coefficient (Wildman–Crippen LogP) is 1.71. The number of carboxylic acids is 1. The molecule has 1 aromatic heterocycles. The summed E-state index contributed by atoms with van der Waals surface area (Å²) in [5.74, 6) is -0.777. The minimum atomic E-state index is -1.20. The molecule has 0 aliphatic rings. The van der Waals surface area contributed by atoms with Crippen LogP contribution in [0.1, 0.15) is 39.4 Å². The monoisotopic (exact) mass is 373 g/mol. The number of nitrogens with zero attached hydrogens (tertiary/aromatic N) is 5. The molecule has 0 bridgehead atoms. The Bertz CT molecular complexity index is 658. The fraction of sp³-hybridized carbons (Fsp3) is 0.714. The van der Waals surface area contributed by atoms with Gasteiger partial charge in [-0.05, 0) is 6.42 Å². The lowest BCUT2D eigenvalue weighted by molar-refractivity contribution is -0.480. The van der Waals surface area contributed by atoms with Gasteiger partial charge < -0.3 is 10.0 Å². The van der Waals surface area contributed by atoms with Crippen LogP contribution in [-0.2, 0) is 10.2 Å². The van der Waals surface area contributed by atoms with E-state index >= 15 is 0 Å². The summed E-state index contributed by atoms with van der Waals surface area (Å²) in [6, 6.07) is -0.466. The number of aliphatic carboxylic acids is 1. The van der Waals surface area contributed by atoms with Crippen LogP contribution in [0.25, 0.3) is 0 Å². The van der Waals surface area contributed by atoms with Gasteiger partial charge in [-0.25, -0.2) is 9.78 Å². The van der Waals surface area contributed by atoms with Crippen LogP contribution >= 0.6 is 11.8 Å². The molecule has 25 heavy (non-hydrogen) atoms. The highest BCUT2D eigenvalue weighted by Crippen LogP contribution is 2.29. The summed E-state index contributed by atoms with van der Waals surface area (Å²) in [6.07, 6.45) is 0.545. The number of aromatic nitrogens is 3. The third-order valence-corrected chi connectivity index (χ3v) is 4.92. The molecule has 140 valence electrons. The zero-order chi connectivity index (χ0) is 19.4. The molecular formula is C14H23N5O5S. The van der Waals surface area contributed by atoms with Crippen LogP contribution in [0, 0.1) is 10.1 Å². The molecule has 0 spiro atoms. The second kappa shape index (κ2) is 8.28. The topological polar surface area (TPSA) is 131 Å². The Morgan fingerprint density at radius 3 is 2.48 bits per heavy atom. The number of nitro groups is 1. The van der Waals surface area contributed by atoms with Gasteiger partial charge in [0.2, 0.25) is 6.54 Å². The molecule has 11 heteroatoms. The second-order valence-electron chi connectivity index (χ2n) is 6.33. The molecule has 1 amide bonds. The van der Waals surface area contributed by atoms with Gasteiger partial charge in [0, 0.05) is 30.9 Å². The second-order valence-corrected chi connectivity index (χ2v) is 7.50. The number of hydrogen-bond donors (Lipinski definition) is 1. The largest absolute Gasteiger partial charge is 0.480 e. The Labute approximate surface area is 149 Å². The molecule has 1 heterocycles. The van der Waals surface area contributed by atoms with E-state index in [0.29, 0.717) is 5.82 Å². The van der Waals surface area contributed by atoms with Gasteiger partial charge >= 0.3 is 12.0 Å². The third kappa shape index (κ3) is 5.41. The van der Waals surface area contributed by atoms with E-state index in [0.717, 1.165) is 22.9 Å². The van der Waals surface area contributed by atoms with E-state index in [9.17, 15) is 24.8 Å². The molecule has 0 aliphatic heterocycles. The highest BCUT2D eigenvalue weighted by Gasteiger charge is 2.31. The highest BCUT2D eigenvalue weighted by atomic mass is 32.2. The molecule has 1 aromatic rings. The summed E-state index contributed by atoms with van der Waals surface area (Å²) in [7, 11) is 3.09. The fourth-order valence-electron chi connectivity index (χ4n) is 1.72. The molecule has 0 aromatic carbocycles. The Hall–Kier alpha value is -2.17. The number of carboxylic acid groups (broad SMARTS) is 1. The first-order valence-corrected chi connectivity index (χ1v) is 8.58. The van der Waals surface area contributed by atoms with E-state index in [4.69, 9.17) is 0 Å². The van der Waals surface area contributed by atoms with Crippen molar-refractivity contribution >= 4 is 23.8 Å². The first-order chi connectivity index (χ1) is 11.5. The van der Waals surface area contributed by atoms with Crippen LogP contribution in [0.3, 0.4) is 0 Å². The van der Waals surface area contributed by atoms with Crippen LogP contribution in [0.5, 0.6) is 0 Å². The molecule has 10 nitrogen and oxygen atoms in total. The standard InChI is InChI=1S/C14H23N5O5S/c1-6-14(2,3)11-15-12(19(16-11)13(22)17(4)5)25-9(10(20)21)7-8-18(23)24/h9H,6-8H2,1-5H3,(H,20,21). The minimum absolute atomic E-state index is 0.117. The number of amides is 1. The smallest absolute Gasteiger partial charge is 0.346 e. The normalized spacial score (nSPS) is 12.7. The van der Waals surface area contributed by atoms with Crippen molar-refractivity contribution in [1.29, 1.82) is 0 Å². The first-order valence-electron chi connectivity index (χ1n) is 7.70. The Balaban J connectivity index is 3.23. The summed E-state index contributed by atoms with van der Waals surface area (Å²) >= 11 is 0.796. The van der Waals surface area contributed by atoms with Crippen LogP contribution in [-0.4, -0.2) is 67.6 Å². The number of hydrogen-bond acceptors (Lipinski definition) is 7. The number of carbonyl (C=O) groups excluding carboxylic acids is 1. The zero-order valence-electron chi connectivity index (χ0n) is 14.9. The average Bonchev–Trinajstić information content (AvgIpc) is 2.94. The minimum Gasteiger partial charge on any atom is -0.480 e. The Kier molecular flexibility index (Phi) is 6.91. The third-order valence-electron chi connectivity index (χ3n) is 3.73. The first kappa shape index (κ1) is 20.9.